The molecule has 3 atom stereocenters. The number of likely N-dealkylation sites (tertiary alicyclic amines) is 1. The lowest BCUT2D eigenvalue weighted by molar-refractivity contribution is -0.130. The molecule has 3 aromatic rings. The molecule has 6 nitrogen and oxygen atoms in total. The van der Waals surface area contributed by atoms with Crippen LogP contribution < -0.4 is 0 Å². The lowest BCUT2D eigenvalue weighted by atomic mass is 9.67. The first-order valence-electron chi connectivity index (χ1n) is 12.6. The van der Waals surface area contributed by atoms with Gasteiger partial charge in [-0.3, -0.25) is 19.3 Å². The first-order chi connectivity index (χ1) is 18.6. The number of Topliss-reactive ketones (excluding diaryl/α,β-unsaturated/α-hetero) is 2. The number of amides is 1. The van der Waals surface area contributed by atoms with Crippen molar-refractivity contribution in [1.82, 2.24) is 9.80 Å². The zero-order valence-electron chi connectivity index (χ0n) is 22.0. The van der Waals surface area contributed by atoms with E-state index in [1.807, 2.05) is 11.0 Å². The Morgan fingerprint density at radius 2 is 1.54 bits per heavy atom. The van der Waals surface area contributed by atoms with E-state index < -0.39 is 23.6 Å². The maximum atomic E-state index is 14.9. The molecule has 0 N–H and O–H groups in total. The largest absolute Gasteiger partial charge is 0.348 e. The van der Waals surface area contributed by atoms with E-state index in [0.29, 0.717) is 21.2 Å². The van der Waals surface area contributed by atoms with Gasteiger partial charge < -0.3 is 4.90 Å². The summed E-state index contributed by atoms with van der Waals surface area (Å²) in [7, 11) is 3.31. The third-order valence-corrected chi connectivity index (χ3v) is 8.12. The minimum absolute atomic E-state index is 0.0191. The van der Waals surface area contributed by atoms with E-state index in [4.69, 9.17) is 0 Å². The SMILES string of the molecule is Cc1c(F)cccc1[C@H]1[C@@H](C(=O)c2ccccc2Br)CN(CC(=O)N(C)C)C[C@@H]1C(=O)c1ccccc1C#N. The van der Waals surface area contributed by atoms with Crippen LogP contribution in [0.3, 0.4) is 0 Å². The lowest BCUT2D eigenvalue weighted by Gasteiger charge is -2.43. The molecule has 8 heteroatoms. The van der Waals surface area contributed by atoms with Crippen LogP contribution in [-0.4, -0.2) is 61.0 Å². The highest BCUT2D eigenvalue weighted by molar-refractivity contribution is 9.10. The zero-order chi connectivity index (χ0) is 28.3. The van der Waals surface area contributed by atoms with E-state index in [1.54, 1.807) is 75.6 Å². The van der Waals surface area contributed by atoms with Gasteiger partial charge in [-0.1, -0.05) is 64.5 Å². The third kappa shape index (κ3) is 5.85. The lowest BCUT2D eigenvalue weighted by Crippen LogP contribution is -2.52. The number of carbonyl (C=O) groups excluding carboxylic acids is 3. The summed E-state index contributed by atoms with van der Waals surface area (Å²) in [5, 5.41) is 9.71. The Labute approximate surface area is 236 Å². The Balaban J connectivity index is 1.91. The van der Waals surface area contributed by atoms with Gasteiger partial charge in [0.1, 0.15) is 5.82 Å². The monoisotopic (exact) mass is 589 g/mol. The minimum atomic E-state index is -0.805. The molecular weight excluding hydrogens is 561 g/mol. The van der Waals surface area contributed by atoms with Gasteiger partial charge in [0.05, 0.1) is 18.2 Å². The van der Waals surface area contributed by atoms with Crippen molar-refractivity contribution in [3.8, 4) is 6.07 Å². The molecular formula is C31H29BrFN3O3. The van der Waals surface area contributed by atoms with Crippen molar-refractivity contribution in [2.24, 2.45) is 11.8 Å². The van der Waals surface area contributed by atoms with Crippen LogP contribution in [0.5, 0.6) is 0 Å². The predicted molar refractivity (Wildman–Crippen MR) is 150 cm³/mol. The quantitative estimate of drug-likeness (QED) is 0.351. The van der Waals surface area contributed by atoms with E-state index in [1.165, 1.54) is 11.0 Å². The molecule has 1 aliphatic rings. The second-order valence-electron chi connectivity index (χ2n) is 10.0. The number of hydrogen-bond donors (Lipinski definition) is 0. The summed E-state index contributed by atoms with van der Waals surface area (Å²) in [5.74, 6) is -3.33. The fourth-order valence-corrected chi connectivity index (χ4v) is 5.85. The van der Waals surface area contributed by atoms with Crippen LogP contribution in [0.2, 0.25) is 0 Å². The molecule has 0 aliphatic carbocycles. The third-order valence-electron chi connectivity index (χ3n) is 7.43. The van der Waals surface area contributed by atoms with E-state index in [2.05, 4.69) is 22.0 Å². The van der Waals surface area contributed by atoms with Crippen LogP contribution >= 0.6 is 15.9 Å². The van der Waals surface area contributed by atoms with Crippen LogP contribution in [0.1, 0.15) is 43.3 Å². The molecule has 0 aromatic heterocycles. The fourth-order valence-electron chi connectivity index (χ4n) is 5.37. The second-order valence-corrected chi connectivity index (χ2v) is 10.9. The molecule has 0 radical (unpaired) electrons. The molecule has 0 spiro atoms. The van der Waals surface area contributed by atoms with Crippen LogP contribution in [0.4, 0.5) is 4.39 Å². The summed E-state index contributed by atoms with van der Waals surface area (Å²) in [6, 6.07) is 20.4. The first kappa shape index (κ1) is 28.3. The smallest absolute Gasteiger partial charge is 0.236 e. The molecule has 1 fully saturated rings. The number of halogens is 2. The Kier molecular flexibility index (Phi) is 8.73. The summed E-state index contributed by atoms with van der Waals surface area (Å²) in [5.41, 5.74) is 1.87. The second kappa shape index (κ2) is 12.0. The summed E-state index contributed by atoms with van der Waals surface area (Å²) in [4.78, 5) is 44.4. The van der Waals surface area contributed by atoms with Crippen LogP contribution in [0, 0.1) is 35.9 Å². The number of piperidine rings is 1. The highest BCUT2D eigenvalue weighted by atomic mass is 79.9. The van der Waals surface area contributed by atoms with Gasteiger partial charge in [-0.25, -0.2) is 4.39 Å². The molecule has 200 valence electrons. The first-order valence-corrected chi connectivity index (χ1v) is 13.4. The molecule has 1 heterocycles. The molecule has 0 bridgehead atoms. The van der Waals surface area contributed by atoms with Crippen molar-refractivity contribution < 1.29 is 18.8 Å². The average molecular weight is 590 g/mol. The van der Waals surface area contributed by atoms with E-state index in [-0.39, 0.29) is 48.2 Å². The average Bonchev–Trinajstić information content (AvgIpc) is 2.93. The van der Waals surface area contributed by atoms with Crippen molar-refractivity contribution in [3.63, 3.8) is 0 Å². The van der Waals surface area contributed by atoms with Gasteiger partial charge in [0.2, 0.25) is 5.91 Å². The van der Waals surface area contributed by atoms with Crippen molar-refractivity contribution in [1.29, 1.82) is 5.26 Å². The molecule has 1 amide bonds. The number of ketones is 2. The van der Waals surface area contributed by atoms with Crippen LogP contribution in [-0.2, 0) is 4.79 Å². The minimum Gasteiger partial charge on any atom is -0.348 e. The van der Waals surface area contributed by atoms with Crippen molar-refractivity contribution >= 4 is 33.4 Å². The maximum Gasteiger partial charge on any atom is 0.236 e. The highest BCUT2D eigenvalue weighted by Gasteiger charge is 2.46. The number of rotatable bonds is 7. The van der Waals surface area contributed by atoms with Gasteiger partial charge in [-0.2, -0.15) is 5.26 Å². The summed E-state index contributed by atoms with van der Waals surface area (Å²) in [6.45, 7) is 2.06. The number of likely N-dealkylation sites (N-methyl/N-ethyl adjacent to an activating group) is 1. The fraction of sp³-hybridized carbons (Fsp3) is 0.290. The molecule has 0 saturated carbocycles. The number of nitrogens with zero attached hydrogens (tertiary/aromatic N) is 3. The van der Waals surface area contributed by atoms with E-state index in [9.17, 15) is 24.0 Å². The predicted octanol–water partition coefficient (Wildman–Crippen LogP) is 5.25. The van der Waals surface area contributed by atoms with Gasteiger partial charge in [-0.05, 0) is 36.2 Å². The van der Waals surface area contributed by atoms with Gasteiger partial charge in [-0.15, -0.1) is 0 Å². The standard InChI is InChI=1S/C31H29BrFN3O3/c1-19-21(12-8-14-27(19)33)29-24(30(38)22-10-5-4-9-20(22)15-34)16-36(18-28(37)35(2)3)17-25(29)31(39)23-11-6-7-13-26(23)32/h4-14,24-25,29H,16-18H2,1-3H3/t24-,25-,29+/m0/s1. The van der Waals surface area contributed by atoms with Gasteiger partial charge >= 0.3 is 0 Å². The molecule has 4 rings (SSSR count). The van der Waals surface area contributed by atoms with E-state index in [0.717, 1.165) is 0 Å². The van der Waals surface area contributed by atoms with Crippen LogP contribution in [0.15, 0.2) is 71.2 Å². The van der Waals surface area contributed by atoms with Gasteiger partial charge in [0.15, 0.2) is 11.6 Å². The van der Waals surface area contributed by atoms with Crippen molar-refractivity contribution in [2.45, 2.75) is 12.8 Å². The number of nitriles is 1. The Hall–Kier alpha value is -3.67. The number of benzene rings is 3. The van der Waals surface area contributed by atoms with Crippen molar-refractivity contribution in [3.05, 3.63) is 105 Å². The molecule has 39 heavy (non-hydrogen) atoms. The summed E-state index contributed by atoms with van der Waals surface area (Å²) in [6.07, 6.45) is 0. The highest BCUT2D eigenvalue weighted by Crippen LogP contribution is 2.43. The van der Waals surface area contributed by atoms with Gasteiger partial charge in [0, 0.05) is 60.5 Å². The summed E-state index contributed by atoms with van der Waals surface area (Å²) < 4.78 is 15.5. The maximum absolute atomic E-state index is 14.9. The van der Waals surface area contributed by atoms with E-state index >= 15 is 0 Å². The van der Waals surface area contributed by atoms with Crippen molar-refractivity contribution in [2.75, 3.05) is 33.7 Å². The molecule has 1 aliphatic heterocycles. The molecule has 0 unspecified atom stereocenters. The topological polar surface area (TPSA) is 81.5 Å². The Morgan fingerprint density at radius 3 is 2.15 bits per heavy atom. The summed E-state index contributed by atoms with van der Waals surface area (Å²) >= 11 is 3.48. The molecule has 3 aromatic carbocycles. The number of hydrogen-bond acceptors (Lipinski definition) is 5. The van der Waals surface area contributed by atoms with Gasteiger partial charge in [0.25, 0.3) is 0 Å². The molecule has 1 saturated heterocycles. The normalized spacial score (nSPS) is 19.2. The Morgan fingerprint density at radius 1 is 0.949 bits per heavy atom. The van der Waals surface area contributed by atoms with Crippen LogP contribution in [0.25, 0.3) is 0 Å². The number of carbonyl (C=O) groups is 3. The zero-order valence-corrected chi connectivity index (χ0v) is 23.6. The Bertz CT molecular complexity index is 1470.